The third-order valence-electron chi connectivity index (χ3n) is 2.62. The lowest BCUT2D eigenvalue weighted by molar-refractivity contribution is -0.115. The second kappa shape index (κ2) is 5.71. The predicted molar refractivity (Wildman–Crippen MR) is 74.6 cm³/mol. The minimum atomic E-state index is -0.412. The van der Waals surface area contributed by atoms with Crippen LogP contribution in [0.25, 0.3) is 0 Å². The molecule has 0 aliphatic carbocycles. The number of hydrogen-bond acceptors (Lipinski definition) is 2. The first kappa shape index (κ1) is 13.4. The average molecular weight is 279 g/mol. The summed E-state index contributed by atoms with van der Waals surface area (Å²) in [4.78, 5) is 11.8. The molecule has 5 heteroatoms. The van der Waals surface area contributed by atoms with Gasteiger partial charge in [0.25, 0.3) is 0 Å². The van der Waals surface area contributed by atoms with Gasteiger partial charge in [0, 0.05) is 0 Å². The third kappa shape index (κ3) is 3.23. The number of carbonyl (C=O) groups excluding carboxylic acids is 1. The highest BCUT2D eigenvalue weighted by atomic mass is 35.5. The Bertz CT molecular complexity index is 596. The van der Waals surface area contributed by atoms with Gasteiger partial charge in [-0.3, -0.25) is 4.79 Å². The summed E-state index contributed by atoms with van der Waals surface area (Å²) in [7, 11) is 0. The Morgan fingerprint density at radius 1 is 1.21 bits per heavy atom. The van der Waals surface area contributed by atoms with Crippen LogP contribution in [0.3, 0.4) is 0 Å². The lowest BCUT2D eigenvalue weighted by atomic mass is 10.1. The first-order chi connectivity index (χ1) is 9.08. The van der Waals surface area contributed by atoms with Gasteiger partial charge in [0.05, 0.1) is 22.8 Å². The highest BCUT2D eigenvalue weighted by Gasteiger charge is 2.11. The van der Waals surface area contributed by atoms with E-state index in [2.05, 4.69) is 5.32 Å². The minimum Gasteiger partial charge on any atom is -0.397 e. The molecule has 0 fully saturated rings. The Hall–Kier alpha value is -2.07. The second-order valence-electron chi connectivity index (χ2n) is 4.02. The summed E-state index contributed by atoms with van der Waals surface area (Å²) in [6.07, 6.45) is -0.0721. The summed E-state index contributed by atoms with van der Waals surface area (Å²) in [5.41, 5.74) is 6.77. The molecule has 0 unspecified atom stereocenters. The molecule has 0 atom stereocenters. The lowest BCUT2D eigenvalue weighted by Gasteiger charge is -2.10. The molecule has 0 aromatic heterocycles. The molecule has 3 nitrogen and oxygen atoms in total. The van der Waals surface area contributed by atoms with Gasteiger partial charge in [0.2, 0.25) is 5.91 Å². The number of rotatable bonds is 3. The topological polar surface area (TPSA) is 55.1 Å². The number of hydrogen-bond donors (Lipinski definition) is 2. The van der Waals surface area contributed by atoms with Crippen molar-refractivity contribution in [3.05, 3.63) is 58.9 Å². The van der Waals surface area contributed by atoms with E-state index in [0.29, 0.717) is 22.0 Å². The Kier molecular flexibility index (Phi) is 4.02. The van der Waals surface area contributed by atoms with Crippen LogP contribution in [0.15, 0.2) is 42.5 Å². The first-order valence-corrected chi connectivity index (χ1v) is 6.03. The Labute approximate surface area is 115 Å². The summed E-state index contributed by atoms with van der Waals surface area (Å²) in [5, 5.41) is 2.94. The monoisotopic (exact) mass is 278 g/mol. The summed E-state index contributed by atoms with van der Waals surface area (Å²) < 4.78 is 13.4. The smallest absolute Gasteiger partial charge is 0.229 e. The number of nitrogens with two attached hydrogens (primary N) is 1. The normalized spacial score (nSPS) is 10.2. The lowest BCUT2D eigenvalue weighted by Crippen LogP contribution is -2.16. The predicted octanol–water partition coefficient (Wildman–Crippen LogP) is 3.24. The van der Waals surface area contributed by atoms with Crippen LogP contribution in [0.4, 0.5) is 15.8 Å². The summed E-state index contributed by atoms with van der Waals surface area (Å²) in [6.45, 7) is 0. The Balaban J connectivity index is 2.12. The van der Waals surface area contributed by atoms with Crippen molar-refractivity contribution >= 4 is 28.9 Å². The largest absolute Gasteiger partial charge is 0.397 e. The highest BCUT2D eigenvalue weighted by Crippen LogP contribution is 2.27. The van der Waals surface area contributed by atoms with E-state index in [1.54, 1.807) is 36.4 Å². The van der Waals surface area contributed by atoms with Crippen molar-refractivity contribution in [2.75, 3.05) is 11.1 Å². The summed E-state index contributed by atoms with van der Waals surface area (Å²) in [5.74, 6) is -0.783. The molecule has 2 aromatic rings. The maximum atomic E-state index is 13.4. The van der Waals surface area contributed by atoms with Gasteiger partial charge in [-0.1, -0.05) is 35.9 Å². The first-order valence-electron chi connectivity index (χ1n) is 5.65. The highest BCUT2D eigenvalue weighted by molar-refractivity contribution is 6.34. The molecule has 0 heterocycles. The van der Waals surface area contributed by atoms with Crippen LogP contribution in [-0.2, 0) is 11.2 Å². The van der Waals surface area contributed by atoms with Gasteiger partial charge in [-0.15, -0.1) is 0 Å². The van der Waals surface area contributed by atoms with Crippen LogP contribution in [0, 0.1) is 5.82 Å². The maximum Gasteiger partial charge on any atom is 0.229 e. The van der Waals surface area contributed by atoms with Crippen molar-refractivity contribution in [1.82, 2.24) is 0 Å². The van der Waals surface area contributed by atoms with E-state index in [1.165, 1.54) is 6.07 Å². The molecule has 0 bridgehead atoms. The molecule has 19 heavy (non-hydrogen) atoms. The molecule has 3 N–H and O–H groups in total. The van der Waals surface area contributed by atoms with Crippen LogP contribution >= 0.6 is 11.6 Å². The SMILES string of the molecule is Nc1cccc(Cl)c1NC(=O)Cc1ccccc1F. The molecular formula is C14H12ClFN2O. The van der Waals surface area contributed by atoms with Gasteiger partial charge >= 0.3 is 0 Å². The molecule has 98 valence electrons. The number of para-hydroxylation sites is 1. The molecule has 0 radical (unpaired) electrons. The number of anilines is 2. The van der Waals surface area contributed by atoms with Gasteiger partial charge < -0.3 is 11.1 Å². The van der Waals surface area contributed by atoms with Gasteiger partial charge in [-0.25, -0.2) is 4.39 Å². The fourth-order valence-electron chi connectivity index (χ4n) is 1.67. The number of amides is 1. The van der Waals surface area contributed by atoms with Gasteiger partial charge in [-0.2, -0.15) is 0 Å². The van der Waals surface area contributed by atoms with E-state index >= 15 is 0 Å². The van der Waals surface area contributed by atoms with Gasteiger partial charge in [-0.05, 0) is 23.8 Å². The van der Waals surface area contributed by atoms with E-state index in [9.17, 15) is 9.18 Å². The Morgan fingerprint density at radius 2 is 1.95 bits per heavy atom. The molecule has 0 aliphatic heterocycles. The summed E-state index contributed by atoms with van der Waals surface area (Å²) in [6, 6.07) is 11.1. The molecule has 1 amide bonds. The van der Waals surface area contributed by atoms with Crippen molar-refractivity contribution in [3.8, 4) is 0 Å². The number of nitrogens with one attached hydrogen (secondary N) is 1. The van der Waals surface area contributed by atoms with Crippen molar-refractivity contribution in [2.24, 2.45) is 0 Å². The molecule has 0 saturated heterocycles. The number of benzene rings is 2. The van der Waals surface area contributed by atoms with E-state index in [0.717, 1.165) is 0 Å². The molecule has 0 aliphatic rings. The van der Waals surface area contributed by atoms with Crippen molar-refractivity contribution in [1.29, 1.82) is 0 Å². The van der Waals surface area contributed by atoms with Crippen LogP contribution < -0.4 is 11.1 Å². The average Bonchev–Trinajstić information content (AvgIpc) is 2.37. The quantitative estimate of drug-likeness (QED) is 0.847. The molecule has 2 rings (SSSR count). The molecule has 0 spiro atoms. The van der Waals surface area contributed by atoms with Crippen LogP contribution in [-0.4, -0.2) is 5.91 Å². The maximum absolute atomic E-state index is 13.4. The Morgan fingerprint density at radius 3 is 2.63 bits per heavy atom. The number of halogens is 2. The van der Waals surface area contributed by atoms with E-state index in [4.69, 9.17) is 17.3 Å². The second-order valence-corrected chi connectivity index (χ2v) is 4.43. The van der Waals surface area contributed by atoms with E-state index in [1.807, 2.05) is 0 Å². The van der Waals surface area contributed by atoms with Gasteiger partial charge in [0.15, 0.2) is 0 Å². The van der Waals surface area contributed by atoms with Crippen LogP contribution in [0.1, 0.15) is 5.56 Å². The van der Waals surface area contributed by atoms with E-state index < -0.39 is 5.82 Å². The third-order valence-corrected chi connectivity index (χ3v) is 2.93. The van der Waals surface area contributed by atoms with Crippen LogP contribution in [0.2, 0.25) is 5.02 Å². The summed E-state index contributed by atoms with van der Waals surface area (Å²) >= 11 is 5.94. The van der Waals surface area contributed by atoms with Gasteiger partial charge in [0.1, 0.15) is 5.82 Å². The molecule has 0 saturated carbocycles. The van der Waals surface area contributed by atoms with Crippen molar-refractivity contribution < 1.29 is 9.18 Å². The molecular weight excluding hydrogens is 267 g/mol. The fraction of sp³-hybridized carbons (Fsp3) is 0.0714. The zero-order valence-corrected chi connectivity index (χ0v) is 10.7. The van der Waals surface area contributed by atoms with E-state index in [-0.39, 0.29) is 12.3 Å². The zero-order chi connectivity index (χ0) is 13.8. The number of carbonyl (C=O) groups is 1. The van der Waals surface area contributed by atoms with Crippen molar-refractivity contribution in [2.45, 2.75) is 6.42 Å². The van der Waals surface area contributed by atoms with Crippen molar-refractivity contribution in [3.63, 3.8) is 0 Å². The number of nitrogen functional groups attached to an aromatic ring is 1. The zero-order valence-electron chi connectivity index (χ0n) is 9.99. The fourth-order valence-corrected chi connectivity index (χ4v) is 1.90. The van der Waals surface area contributed by atoms with Crippen LogP contribution in [0.5, 0.6) is 0 Å². The standard InChI is InChI=1S/C14H12ClFN2O/c15-10-5-3-7-12(17)14(10)18-13(19)8-9-4-1-2-6-11(9)16/h1-7H,8,17H2,(H,18,19). The molecule has 2 aromatic carbocycles. The minimum absolute atomic E-state index is 0.0721.